The van der Waals surface area contributed by atoms with Crippen LogP contribution in [-0.2, 0) is 7.05 Å². The van der Waals surface area contributed by atoms with Crippen LogP contribution >= 0.6 is 0 Å². The lowest BCUT2D eigenvalue weighted by Gasteiger charge is -2.35. The number of rotatable bonds is 5. The Bertz CT molecular complexity index is 950. The van der Waals surface area contributed by atoms with Gasteiger partial charge in [-0.1, -0.05) is 60.7 Å². The fourth-order valence-electron chi connectivity index (χ4n) is 4.15. The Balaban J connectivity index is 1.41. The predicted molar refractivity (Wildman–Crippen MR) is 116 cm³/mol. The zero-order valence-corrected chi connectivity index (χ0v) is 17.2. The van der Waals surface area contributed by atoms with Crippen LogP contribution in [0.25, 0.3) is 0 Å². The first-order chi connectivity index (χ1) is 14.6. The molecular formula is C24H28N4O2. The summed E-state index contributed by atoms with van der Waals surface area (Å²) in [6.07, 6.45) is 4.70. The first-order valence-electron chi connectivity index (χ1n) is 10.4. The molecule has 0 bridgehead atoms. The molecule has 6 nitrogen and oxygen atoms in total. The van der Waals surface area contributed by atoms with Crippen LogP contribution in [0, 0.1) is 5.92 Å². The van der Waals surface area contributed by atoms with Gasteiger partial charge < -0.3 is 19.9 Å². The van der Waals surface area contributed by atoms with E-state index in [-0.39, 0.29) is 18.0 Å². The van der Waals surface area contributed by atoms with Gasteiger partial charge >= 0.3 is 6.03 Å². The van der Waals surface area contributed by atoms with Gasteiger partial charge in [0.15, 0.2) is 0 Å². The third-order valence-electron chi connectivity index (χ3n) is 5.93. The van der Waals surface area contributed by atoms with Crippen LogP contribution in [0.2, 0.25) is 0 Å². The van der Waals surface area contributed by atoms with E-state index in [4.69, 9.17) is 0 Å². The molecule has 0 aliphatic carbocycles. The van der Waals surface area contributed by atoms with Gasteiger partial charge in [-0.3, -0.25) is 0 Å². The van der Waals surface area contributed by atoms with Gasteiger partial charge in [0, 0.05) is 32.5 Å². The molecule has 1 saturated heterocycles. The molecule has 1 fully saturated rings. The van der Waals surface area contributed by atoms with Gasteiger partial charge in [-0.15, -0.1) is 0 Å². The van der Waals surface area contributed by atoms with Gasteiger partial charge in [0.2, 0.25) is 0 Å². The number of hydrogen-bond donors (Lipinski definition) is 2. The minimum Gasteiger partial charge on any atom is -0.388 e. The molecule has 2 atom stereocenters. The van der Waals surface area contributed by atoms with Crippen molar-refractivity contribution in [1.82, 2.24) is 19.8 Å². The molecule has 4 rings (SSSR count). The van der Waals surface area contributed by atoms with Gasteiger partial charge in [0.05, 0.1) is 6.10 Å². The molecule has 3 aromatic rings. The van der Waals surface area contributed by atoms with E-state index in [0.717, 1.165) is 29.8 Å². The second kappa shape index (κ2) is 9.13. The van der Waals surface area contributed by atoms with Crippen molar-refractivity contribution in [3.63, 3.8) is 0 Å². The van der Waals surface area contributed by atoms with Crippen molar-refractivity contribution < 1.29 is 9.90 Å². The summed E-state index contributed by atoms with van der Waals surface area (Å²) in [6, 6.07) is 19.3. The third-order valence-corrected chi connectivity index (χ3v) is 5.93. The maximum atomic E-state index is 13.1. The molecule has 2 unspecified atom stereocenters. The van der Waals surface area contributed by atoms with Crippen LogP contribution in [0.15, 0.2) is 73.1 Å². The number of aliphatic hydroxyl groups excluding tert-OH is 1. The first kappa shape index (κ1) is 20.2. The fraction of sp³-hybridized carbons (Fsp3) is 0.333. The second-order valence-electron chi connectivity index (χ2n) is 7.87. The van der Waals surface area contributed by atoms with Crippen LogP contribution in [-0.4, -0.2) is 38.7 Å². The average Bonchev–Trinajstić information content (AvgIpc) is 3.23. The Kier molecular flexibility index (Phi) is 6.14. The number of nitrogens with zero attached hydrogens (tertiary/aromatic N) is 3. The standard InChI is InChI=1S/C24H28N4O2/c1-27-17-14-25-23(27)21(18-8-4-2-5-9-18)26-24(30)28-15-12-20(13-16-28)22(29)19-10-6-3-7-11-19/h2-11,14,17,20-22,29H,12-13,15-16H2,1H3,(H,26,30). The molecule has 0 spiro atoms. The maximum Gasteiger partial charge on any atom is 0.318 e. The topological polar surface area (TPSA) is 70.4 Å². The number of aliphatic hydroxyl groups is 1. The van der Waals surface area contributed by atoms with E-state index in [1.54, 1.807) is 6.20 Å². The van der Waals surface area contributed by atoms with Crippen LogP contribution in [0.4, 0.5) is 4.79 Å². The number of amides is 2. The molecule has 1 aliphatic rings. The lowest BCUT2D eigenvalue weighted by atomic mass is 9.87. The summed E-state index contributed by atoms with van der Waals surface area (Å²) in [7, 11) is 1.93. The number of carbonyl (C=O) groups excluding carboxylic acids is 1. The van der Waals surface area contributed by atoms with Gasteiger partial charge in [0.25, 0.3) is 0 Å². The lowest BCUT2D eigenvalue weighted by molar-refractivity contribution is 0.0662. The highest BCUT2D eigenvalue weighted by Crippen LogP contribution is 2.31. The zero-order chi connectivity index (χ0) is 20.9. The Morgan fingerprint density at radius 3 is 2.20 bits per heavy atom. The summed E-state index contributed by atoms with van der Waals surface area (Å²) in [6.45, 7) is 1.25. The Labute approximate surface area is 177 Å². The molecule has 0 radical (unpaired) electrons. The third kappa shape index (κ3) is 4.39. The summed E-state index contributed by atoms with van der Waals surface area (Å²) in [5.74, 6) is 0.958. The second-order valence-corrected chi connectivity index (χ2v) is 7.87. The van der Waals surface area contributed by atoms with Crippen molar-refractivity contribution in [2.24, 2.45) is 13.0 Å². The number of likely N-dealkylation sites (tertiary alicyclic amines) is 1. The molecule has 2 heterocycles. The average molecular weight is 405 g/mol. The van der Waals surface area contributed by atoms with Crippen LogP contribution < -0.4 is 5.32 Å². The summed E-state index contributed by atoms with van der Waals surface area (Å²) in [5.41, 5.74) is 1.94. The van der Waals surface area contributed by atoms with Crippen LogP contribution in [0.1, 0.15) is 41.9 Å². The Hall–Kier alpha value is -3.12. The van der Waals surface area contributed by atoms with Gasteiger partial charge in [-0.25, -0.2) is 9.78 Å². The van der Waals surface area contributed by atoms with Crippen molar-refractivity contribution in [1.29, 1.82) is 0 Å². The van der Waals surface area contributed by atoms with E-state index in [1.807, 2.05) is 83.4 Å². The summed E-state index contributed by atoms with van der Waals surface area (Å²) in [4.78, 5) is 19.3. The number of piperidine rings is 1. The maximum absolute atomic E-state index is 13.1. The molecular weight excluding hydrogens is 376 g/mol. The number of benzene rings is 2. The number of hydrogen-bond acceptors (Lipinski definition) is 3. The largest absolute Gasteiger partial charge is 0.388 e. The highest BCUT2D eigenvalue weighted by molar-refractivity contribution is 5.75. The van der Waals surface area contributed by atoms with E-state index >= 15 is 0 Å². The monoisotopic (exact) mass is 404 g/mol. The highest BCUT2D eigenvalue weighted by atomic mass is 16.3. The van der Waals surface area contributed by atoms with Gasteiger partial charge in [-0.2, -0.15) is 0 Å². The summed E-state index contributed by atoms with van der Waals surface area (Å²) >= 11 is 0. The first-order valence-corrected chi connectivity index (χ1v) is 10.4. The minimum atomic E-state index is -0.485. The van der Waals surface area contributed by atoms with Crippen molar-refractivity contribution in [2.75, 3.05) is 13.1 Å². The van der Waals surface area contributed by atoms with E-state index in [2.05, 4.69) is 10.3 Å². The molecule has 2 amide bonds. The van der Waals surface area contributed by atoms with Crippen molar-refractivity contribution in [3.05, 3.63) is 90.0 Å². The Morgan fingerprint density at radius 1 is 1.03 bits per heavy atom. The van der Waals surface area contributed by atoms with Crippen molar-refractivity contribution in [2.45, 2.75) is 25.0 Å². The molecule has 1 aromatic heterocycles. The molecule has 2 N–H and O–H groups in total. The van der Waals surface area contributed by atoms with E-state index in [0.29, 0.717) is 13.1 Å². The van der Waals surface area contributed by atoms with E-state index in [1.165, 1.54) is 0 Å². The molecule has 30 heavy (non-hydrogen) atoms. The van der Waals surface area contributed by atoms with Gasteiger partial charge in [0.1, 0.15) is 11.9 Å². The fourth-order valence-corrected chi connectivity index (χ4v) is 4.15. The molecule has 0 saturated carbocycles. The normalized spacial score (nSPS) is 16.8. The highest BCUT2D eigenvalue weighted by Gasteiger charge is 2.30. The minimum absolute atomic E-state index is 0.0977. The SMILES string of the molecule is Cn1ccnc1C(NC(=O)N1CCC(C(O)c2ccccc2)CC1)c1ccccc1. The number of carbonyl (C=O) groups is 1. The number of imidazole rings is 1. The summed E-state index contributed by atoms with van der Waals surface area (Å²) < 4.78 is 1.93. The number of urea groups is 1. The van der Waals surface area contributed by atoms with E-state index < -0.39 is 6.10 Å². The van der Waals surface area contributed by atoms with E-state index in [9.17, 15) is 9.90 Å². The van der Waals surface area contributed by atoms with Crippen LogP contribution in [0.3, 0.4) is 0 Å². The molecule has 1 aliphatic heterocycles. The quantitative estimate of drug-likeness (QED) is 0.682. The summed E-state index contributed by atoms with van der Waals surface area (Å²) in [5, 5.41) is 13.9. The molecule has 2 aromatic carbocycles. The molecule has 6 heteroatoms. The van der Waals surface area contributed by atoms with Crippen molar-refractivity contribution in [3.8, 4) is 0 Å². The smallest absolute Gasteiger partial charge is 0.318 e. The van der Waals surface area contributed by atoms with Crippen molar-refractivity contribution >= 4 is 6.03 Å². The number of nitrogens with one attached hydrogen (secondary N) is 1. The molecule has 156 valence electrons. The number of aromatic nitrogens is 2. The van der Waals surface area contributed by atoms with Crippen LogP contribution in [0.5, 0.6) is 0 Å². The predicted octanol–water partition coefficient (Wildman–Crippen LogP) is 3.66. The van der Waals surface area contributed by atoms with Gasteiger partial charge in [-0.05, 0) is 29.9 Å². The Morgan fingerprint density at radius 2 is 1.63 bits per heavy atom. The lowest BCUT2D eigenvalue weighted by Crippen LogP contribution is -2.46. The number of aryl methyl sites for hydroxylation is 1. The zero-order valence-electron chi connectivity index (χ0n) is 17.2.